The first-order chi connectivity index (χ1) is 24.1. The monoisotopic (exact) mass is 646 g/mol. The number of benzene rings is 7. The minimum Gasteiger partial charge on any atom is -0.310 e. The normalized spacial score (nSPS) is 13.6. The molecule has 0 amide bonds. The van der Waals surface area contributed by atoms with E-state index < -0.39 is 0 Å². The van der Waals surface area contributed by atoms with E-state index in [1.165, 1.54) is 77.3 Å². The van der Waals surface area contributed by atoms with Crippen LogP contribution in [0.3, 0.4) is 0 Å². The van der Waals surface area contributed by atoms with E-state index in [0.717, 1.165) is 11.4 Å². The summed E-state index contributed by atoms with van der Waals surface area (Å²) >= 11 is 0. The summed E-state index contributed by atoms with van der Waals surface area (Å²) in [6, 6.07) is 54.3. The van der Waals surface area contributed by atoms with Crippen molar-refractivity contribution in [3.05, 3.63) is 168 Å². The SMILES string of the molecule is Cc1ccc(N(c2ccc(C(C)(C)C)cc2)c2ccc3c(c2)C(C)(C)c2cc(-n4c5ccccc5c5ccccc54)c4ccccc4c2-3)cc1. The quantitative estimate of drug-likeness (QED) is 0.185. The number of aromatic nitrogens is 1. The molecule has 1 aliphatic carbocycles. The third-order valence-corrected chi connectivity index (χ3v) is 11.0. The van der Waals surface area contributed by atoms with E-state index in [2.05, 4.69) is 197 Å². The van der Waals surface area contributed by atoms with Gasteiger partial charge >= 0.3 is 0 Å². The molecule has 8 aromatic rings. The number of hydrogen-bond acceptors (Lipinski definition) is 1. The highest BCUT2D eigenvalue weighted by molar-refractivity contribution is 6.12. The summed E-state index contributed by atoms with van der Waals surface area (Å²) in [5.74, 6) is 0. The molecule has 1 aromatic heterocycles. The first-order valence-corrected chi connectivity index (χ1v) is 17.8. The molecule has 2 nitrogen and oxygen atoms in total. The zero-order valence-corrected chi connectivity index (χ0v) is 29.8. The lowest BCUT2D eigenvalue weighted by molar-refractivity contribution is 0.590. The smallest absolute Gasteiger partial charge is 0.0544 e. The molecule has 1 aliphatic rings. The van der Waals surface area contributed by atoms with E-state index in [1.807, 2.05) is 0 Å². The van der Waals surface area contributed by atoms with Gasteiger partial charge < -0.3 is 9.47 Å². The fourth-order valence-electron chi connectivity index (χ4n) is 8.31. The van der Waals surface area contributed by atoms with Gasteiger partial charge in [0.05, 0.1) is 16.7 Å². The molecule has 2 heteroatoms. The Bertz CT molecular complexity index is 2540. The van der Waals surface area contributed by atoms with Gasteiger partial charge in [-0.3, -0.25) is 0 Å². The van der Waals surface area contributed by atoms with Crippen molar-refractivity contribution in [3.8, 4) is 16.8 Å². The van der Waals surface area contributed by atoms with Crippen LogP contribution in [0.1, 0.15) is 56.9 Å². The summed E-state index contributed by atoms with van der Waals surface area (Å²) < 4.78 is 2.48. The Labute approximate surface area is 295 Å². The lowest BCUT2D eigenvalue weighted by Crippen LogP contribution is -2.17. The van der Waals surface area contributed by atoms with Crippen molar-refractivity contribution < 1.29 is 0 Å². The molecule has 0 spiro atoms. The molecule has 0 saturated heterocycles. The summed E-state index contributed by atoms with van der Waals surface area (Å²) in [4.78, 5) is 2.41. The van der Waals surface area contributed by atoms with Crippen LogP contribution in [0.25, 0.3) is 49.4 Å². The standard InChI is InChI=1S/C48H42N2/c1-31-19-23-33(24-20-31)49(34-25-21-32(22-26-34)47(2,3)4)35-27-28-40-41(29-35)48(5,6)42-30-45(38-15-7-8-16-39(38)46(40)42)50-43-17-11-9-13-36(43)37-14-10-12-18-44(37)50/h7-30H,1-6H3. The van der Waals surface area contributed by atoms with Crippen LogP contribution < -0.4 is 4.90 Å². The van der Waals surface area contributed by atoms with Crippen molar-refractivity contribution in [1.82, 2.24) is 4.57 Å². The molecule has 0 N–H and O–H groups in total. The summed E-state index contributed by atoms with van der Waals surface area (Å²) in [6.07, 6.45) is 0. The van der Waals surface area contributed by atoms with Crippen molar-refractivity contribution in [2.45, 2.75) is 52.4 Å². The Hall–Kier alpha value is -5.60. The number of hydrogen-bond donors (Lipinski definition) is 0. The van der Waals surface area contributed by atoms with Crippen LogP contribution in [0.4, 0.5) is 17.1 Å². The maximum Gasteiger partial charge on any atom is 0.0544 e. The molecule has 50 heavy (non-hydrogen) atoms. The molecule has 1 heterocycles. The molecule has 0 bridgehead atoms. The first kappa shape index (κ1) is 30.5. The lowest BCUT2D eigenvalue weighted by atomic mass is 9.81. The van der Waals surface area contributed by atoms with Crippen LogP contribution in [0.5, 0.6) is 0 Å². The zero-order chi connectivity index (χ0) is 34.4. The number of anilines is 3. The molecule has 0 radical (unpaired) electrons. The topological polar surface area (TPSA) is 8.17 Å². The summed E-state index contributed by atoms with van der Waals surface area (Å²) in [5.41, 5.74) is 15.1. The maximum absolute atomic E-state index is 2.49. The molecular weight excluding hydrogens is 605 g/mol. The molecule has 0 unspecified atom stereocenters. The van der Waals surface area contributed by atoms with E-state index in [4.69, 9.17) is 0 Å². The third-order valence-electron chi connectivity index (χ3n) is 11.0. The van der Waals surface area contributed by atoms with Gasteiger partial charge in [0.2, 0.25) is 0 Å². The van der Waals surface area contributed by atoms with Gasteiger partial charge in [-0.25, -0.2) is 0 Å². The fraction of sp³-hybridized carbons (Fsp3) is 0.167. The van der Waals surface area contributed by atoms with Crippen molar-refractivity contribution in [1.29, 1.82) is 0 Å². The van der Waals surface area contributed by atoms with Gasteiger partial charge in [-0.1, -0.05) is 131 Å². The molecule has 9 rings (SSSR count). The second-order valence-electron chi connectivity index (χ2n) is 15.6. The molecule has 0 fully saturated rings. The van der Waals surface area contributed by atoms with Crippen molar-refractivity contribution in [2.24, 2.45) is 0 Å². The van der Waals surface area contributed by atoms with E-state index in [-0.39, 0.29) is 10.8 Å². The van der Waals surface area contributed by atoms with Crippen molar-refractivity contribution in [3.63, 3.8) is 0 Å². The largest absolute Gasteiger partial charge is 0.310 e. The molecule has 0 atom stereocenters. The highest BCUT2D eigenvalue weighted by Crippen LogP contribution is 2.54. The average molecular weight is 647 g/mol. The maximum atomic E-state index is 2.49. The summed E-state index contributed by atoms with van der Waals surface area (Å²) in [5, 5.41) is 5.14. The van der Waals surface area contributed by atoms with Gasteiger partial charge in [0.15, 0.2) is 0 Å². The Morgan fingerprint density at radius 1 is 0.520 bits per heavy atom. The summed E-state index contributed by atoms with van der Waals surface area (Å²) in [7, 11) is 0. The lowest BCUT2D eigenvalue weighted by Gasteiger charge is -2.29. The Morgan fingerprint density at radius 3 is 1.64 bits per heavy atom. The van der Waals surface area contributed by atoms with E-state index in [9.17, 15) is 0 Å². The van der Waals surface area contributed by atoms with Gasteiger partial charge in [0, 0.05) is 38.6 Å². The van der Waals surface area contributed by atoms with Gasteiger partial charge in [-0.15, -0.1) is 0 Å². The second-order valence-corrected chi connectivity index (χ2v) is 15.6. The van der Waals surface area contributed by atoms with Crippen LogP contribution in [0.15, 0.2) is 146 Å². The number of rotatable bonds is 4. The first-order valence-electron chi connectivity index (χ1n) is 17.8. The molecular formula is C48H42N2. The Balaban J connectivity index is 1.26. The number of nitrogens with zero attached hydrogens (tertiary/aromatic N) is 2. The molecule has 7 aromatic carbocycles. The van der Waals surface area contributed by atoms with E-state index in [0.29, 0.717) is 0 Å². The fourth-order valence-corrected chi connectivity index (χ4v) is 8.31. The van der Waals surface area contributed by atoms with Crippen LogP contribution in [0.2, 0.25) is 0 Å². The Morgan fingerprint density at radius 2 is 1.04 bits per heavy atom. The Kier molecular flexibility index (Phi) is 6.67. The minimum absolute atomic E-state index is 0.0947. The molecule has 0 aliphatic heterocycles. The predicted octanol–water partition coefficient (Wildman–Crippen LogP) is 13.3. The van der Waals surface area contributed by atoms with Gasteiger partial charge in [-0.05, 0) is 100 Å². The average Bonchev–Trinajstić information content (AvgIpc) is 3.57. The molecule has 244 valence electrons. The van der Waals surface area contributed by atoms with Gasteiger partial charge in [-0.2, -0.15) is 0 Å². The van der Waals surface area contributed by atoms with Crippen LogP contribution in [0, 0.1) is 6.92 Å². The highest BCUT2D eigenvalue weighted by Gasteiger charge is 2.38. The number of fused-ring (bicyclic) bond motifs is 8. The number of para-hydroxylation sites is 2. The highest BCUT2D eigenvalue weighted by atomic mass is 15.1. The van der Waals surface area contributed by atoms with Gasteiger partial charge in [0.1, 0.15) is 0 Å². The second kappa shape index (κ2) is 11.0. The zero-order valence-electron chi connectivity index (χ0n) is 29.8. The third kappa shape index (κ3) is 4.55. The van der Waals surface area contributed by atoms with E-state index in [1.54, 1.807) is 0 Å². The van der Waals surface area contributed by atoms with Crippen molar-refractivity contribution >= 4 is 49.6 Å². The van der Waals surface area contributed by atoms with Crippen LogP contribution in [-0.2, 0) is 10.8 Å². The predicted molar refractivity (Wildman–Crippen MR) is 214 cm³/mol. The molecule has 0 saturated carbocycles. The minimum atomic E-state index is -0.215. The summed E-state index contributed by atoms with van der Waals surface area (Å²) in [6.45, 7) is 13.8. The van der Waals surface area contributed by atoms with Crippen LogP contribution >= 0.6 is 0 Å². The van der Waals surface area contributed by atoms with E-state index >= 15 is 0 Å². The van der Waals surface area contributed by atoms with Crippen molar-refractivity contribution in [2.75, 3.05) is 4.90 Å². The van der Waals surface area contributed by atoms with Crippen LogP contribution in [-0.4, -0.2) is 4.57 Å². The number of aryl methyl sites for hydroxylation is 1. The van der Waals surface area contributed by atoms with Gasteiger partial charge in [0.25, 0.3) is 0 Å².